The van der Waals surface area contributed by atoms with Gasteiger partial charge >= 0.3 is 0 Å². The van der Waals surface area contributed by atoms with Crippen LogP contribution >= 0.6 is 11.6 Å². The van der Waals surface area contributed by atoms with Crippen LogP contribution in [-0.2, 0) is 9.53 Å². The molecule has 2 aromatic carbocycles. The van der Waals surface area contributed by atoms with Crippen LogP contribution in [-0.4, -0.2) is 31.1 Å². The second-order valence-electron chi connectivity index (χ2n) is 6.77. The topological polar surface area (TPSA) is 67.4 Å². The number of rotatable bonds is 6. The Morgan fingerprint density at radius 1 is 1.14 bits per heavy atom. The summed E-state index contributed by atoms with van der Waals surface area (Å²) >= 11 is 5.93. The standard InChI is InChI=1S/C22H23ClN2O3/c1-15-4-8-17(9-5-15)21(26)25-20(13-16-6-10-18(23)11-7-16)22(27)24-14-19-3-2-12-28-19/h4-11,13,19H,2-3,12,14H2,1H3,(H,24,27)(H,25,26)/b20-13+/t19-/m0/s1. The van der Waals surface area contributed by atoms with E-state index in [2.05, 4.69) is 10.6 Å². The van der Waals surface area contributed by atoms with Crippen LogP contribution in [0.25, 0.3) is 6.08 Å². The summed E-state index contributed by atoms with van der Waals surface area (Å²) in [5.41, 5.74) is 2.48. The second kappa shape index (κ2) is 9.53. The van der Waals surface area contributed by atoms with Crippen molar-refractivity contribution in [2.45, 2.75) is 25.9 Å². The number of hydrogen-bond acceptors (Lipinski definition) is 3. The molecule has 5 nitrogen and oxygen atoms in total. The van der Waals surface area contributed by atoms with Gasteiger partial charge in [-0.15, -0.1) is 0 Å². The molecule has 0 aliphatic carbocycles. The van der Waals surface area contributed by atoms with Gasteiger partial charge in [0, 0.05) is 23.7 Å². The zero-order valence-corrected chi connectivity index (χ0v) is 16.5. The Bertz CT molecular complexity index is 854. The van der Waals surface area contributed by atoms with Gasteiger partial charge in [-0.25, -0.2) is 0 Å². The fourth-order valence-corrected chi connectivity index (χ4v) is 3.02. The molecule has 1 saturated heterocycles. The Kier molecular flexibility index (Phi) is 6.85. The largest absolute Gasteiger partial charge is 0.376 e. The predicted octanol–water partition coefficient (Wildman–Crippen LogP) is 3.71. The maximum Gasteiger partial charge on any atom is 0.267 e. The molecule has 1 aliphatic rings. The lowest BCUT2D eigenvalue weighted by atomic mass is 10.1. The lowest BCUT2D eigenvalue weighted by molar-refractivity contribution is -0.118. The third-order valence-electron chi connectivity index (χ3n) is 4.50. The number of hydrogen-bond donors (Lipinski definition) is 2. The summed E-state index contributed by atoms with van der Waals surface area (Å²) in [5.74, 6) is -0.696. The van der Waals surface area contributed by atoms with Gasteiger partial charge in [-0.2, -0.15) is 0 Å². The van der Waals surface area contributed by atoms with E-state index in [9.17, 15) is 9.59 Å². The number of carbonyl (C=O) groups is 2. The van der Waals surface area contributed by atoms with Gasteiger partial charge in [-0.05, 0) is 55.7 Å². The number of amides is 2. The maximum absolute atomic E-state index is 12.7. The zero-order chi connectivity index (χ0) is 19.9. The number of nitrogens with one attached hydrogen (secondary N) is 2. The van der Waals surface area contributed by atoms with E-state index in [4.69, 9.17) is 16.3 Å². The third kappa shape index (κ3) is 5.68. The van der Waals surface area contributed by atoms with Gasteiger partial charge in [0.2, 0.25) is 0 Å². The first-order valence-corrected chi connectivity index (χ1v) is 9.64. The molecule has 0 bridgehead atoms. The van der Waals surface area contributed by atoms with Crippen molar-refractivity contribution in [3.05, 3.63) is 75.9 Å². The average Bonchev–Trinajstić information content (AvgIpc) is 3.21. The highest BCUT2D eigenvalue weighted by Crippen LogP contribution is 2.14. The summed E-state index contributed by atoms with van der Waals surface area (Å²) in [5, 5.41) is 6.18. The van der Waals surface area contributed by atoms with Crippen molar-refractivity contribution < 1.29 is 14.3 Å². The minimum absolute atomic E-state index is 0.0218. The fraction of sp³-hybridized carbons (Fsp3) is 0.273. The van der Waals surface area contributed by atoms with Gasteiger partial charge in [0.25, 0.3) is 11.8 Å². The minimum Gasteiger partial charge on any atom is -0.376 e. The summed E-state index contributed by atoms with van der Waals surface area (Å²) in [7, 11) is 0. The van der Waals surface area contributed by atoms with E-state index in [-0.39, 0.29) is 23.6 Å². The fourth-order valence-electron chi connectivity index (χ4n) is 2.89. The second-order valence-corrected chi connectivity index (χ2v) is 7.21. The smallest absolute Gasteiger partial charge is 0.267 e. The Morgan fingerprint density at radius 3 is 2.50 bits per heavy atom. The van der Waals surface area contributed by atoms with Crippen molar-refractivity contribution in [3.63, 3.8) is 0 Å². The molecule has 1 atom stereocenters. The minimum atomic E-state index is -0.356. The maximum atomic E-state index is 12.7. The highest BCUT2D eigenvalue weighted by atomic mass is 35.5. The lowest BCUT2D eigenvalue weighted by Gasteiger charge is -2.14. The molecule has 1 heterocycles. The van der Waals surface area contributed by atoms with Gasteiger partial charge in [-0.1, -0.05) is 41.4 Å². The first-order chi connectivity index (χ1) is 13.5. The van der Waals surface area contributed by atoms with Crippen LogP contribution in [0.5, 0.6) is 0 Å². The van der Waals surface area contributed by atoms with Crippen LogP contribution in [0.15, 0.2) is 54.2 Å². The first kappa shape index (κ1) is 20.1. The van der Waals surface area contributed by atoms with Crippen LogP contribution in [0.1, 0.15) is 34.3 Å². The quantitative estimate of drug-likeness (QED) is 0.729. The summed E-state index contributed by atoms with van der Waals surface area (Å²) in [4.78, 5) is 25.3. The summed E-state index contributed by atoms with van der Waals surface area (Å²) in [6, 6.07) is 14.2. The van der Waals surface area contributed by atoms with E-state index < -0.39 is 0 Å². The van der Waals surface area contributed by atoms with E-state index in [1.807, 2.05) is 19.1 Å². The molecule has 0 unspecified atom stereocenters. The highest BCUT2D eigenvalue weighted by molar-refractivity contribution is 6.30. The predicted molar refractivity (Wildman–Crippen MR) is 110 cm³/mol. The molecule has 0 spiro atoms. The summed E-state index contributed by atoms with van der Waals surface area (Å²) < 4.78 is 5.54. The molecule has 1 fully saturated rings. The van der Waals surface area contributed by atoms with E-state index in [0.29, 0.717) is 17.1 Å². The van der Waals surface area contributed by atoms with E-state index >= 15 is 0 Å². The molecule has 146 valence electrons. The number of benzene rings is 2. The third-order valence-corrected chi connectivity index (χ3v) is 4.75. The van der Waals surface area contributed by atoms with Crippen molar-refractivity contribution in [2.24, 2.45) is 0 Å². The molecule has 2 N–H and O–H groups in total. The number of aryl methyl sites for hydroxylation is 1. The first-order valence-electron chi connectivity index (χ1n) is 9.26. The van der Waals surface area contributed by atoms with Crippen LogP contribution in [0, 0.1) is 6.92 Å². The average molecular weight is 399 g/mol. The summed E-state index contributed by atoms with van der Waals surface area (Å²) in [6.45, 7) is 3.08. The van der Waals surface area contributed by atoms with Crippen molar-refractivity contribution in [2.75, 3.05) is 13.2 Å². The molecule has 3 rings (SSSR count). The SMILES string of the molecule is Cc1ccc(C(=O)N/C(=C/c2ccc(Cl)cc2)C(=O)NC[C@@H]2CCCO2)cc1. The Hall–Kier alpha value is -2.63. The van der Waals surface area contributed by atoms with Gasteiger partial charge in [0.1, 0.15) is 5.70 Å². The Labute approximate surface area is 169 Å². The van der Waals surface area contributed by atoms with Crippen molar-refractivity contribution >= 4 is 29.5 Å². The molecule has 1 aliphatic heterocycles. The monoisotopic (exact) mass is 398 g/mol. The van der Waals surface area contributed by atoms with Crippen LogP contribution in [0.4, 0.5) is 0 Å². The van der Waals surface area contributed by atoms with Crippen molar-refractivity contribution in [1.82, 2.24) is 10.6 Å². The molecular formula is C22H23ClN2O3. The molecule has 2 aromatic rings. The van der Waals surface area contributed by atoms with Crippen LogP contribution in [0.2, 0.25) is 5.02 Å². The number of ether oxygens (including phenoxy) is 1. The normalized spacial score (nSPS) is 16.6. The molecule has 0 radical (unpaired) electrons. The zero-order valence-electron chi connectivity index (χ0n) is 15.7. The molecular weight excluding hydrogens is 376 g/mol. The van der Waals surface area contributed by atoms with Crippen LogP contribution < -0.4 is 10.6 Å². The highest BCUT2D eigenvalue weighted by Gasteiger charge is 2.19. The van der Waals surface area contributed by atoms with Crippen molar-refractivity contribution in [1.29, 1.82) is 0 Å². The Balaban J connectivity index is 1.76. The molecule has 0 saturated carbocycles. The number of carbonyl (C=O) groups excluding carboxylic acids is 2. The molecule has 2 amide bonds. The summed E-state index contributed by atoms with van der Waals surface area (Å²) in [6.07, 6.45) is 3.58. The molecule has 0 aromatic heterocycles. The van der Waals surface area contributed by atoms with Crippen LogP contribution in [0.3, 0.4) is 0 Å². The van der Waals surface area contributed by atoms with Gasteiger partial charge in [-0.3, -0.25) is 9.59 Å². The van der Waals surface area contributed by atoms with Gasteiger partial charge in [0.05, 0.1) is 6.10 Å². The molecule has 28 heavy (non-hydrogen) atoms. The molecule has 6 heteroatoms. The van der Waals surface area contributed by atoms with E-state index in [1.54, 1.807) is 42.5 Å². The van der Waals surface area contributed by atoms with Crippen molar-refractivity contribution in [3.8, 4) is 0 Å². The van der Waals surface area contributed by atoms with E-state index in [1.165, 1.54) is 0 Å². The Morgan fingerprint density at radius 2 is 1.86 bits per heavy atom. The number of halogens is 1. The lowest BCUT2D eigenvalue weighted by Crippen LogP contribution is -2.38. The van der Waals surface area contributed by atoms with Gasteiger partial charge < -0.3 is 15.4 Å². The van der Waals surface area contributed by atoms with E-state index in [0.717, 1.165) is 30.6 Å². The van der Waals surface area contributed by atoms with Gasteiger partial charge in [0.15, 0.2) is 0 Å².